The molecule has 2 aromatic carbocycles. The van der Waals surface area contributed by atoms with Crippen molar-refractivity contribution < 1.29 is 5.11 Å². The average molecular weight is 292 g/mol. The molecule has 0 bridgehead atoms. The Morgan fingerprint density at radius 1 is 0.955 bits per heavy atom. The zero-order chi connectivity index (χ0) is 15.6. The first-order valence-electron chi connectivity index (χ1n) is 8.11. The van der Waals surface area contributed by atoms with Crippen LogP contribution in [0.5, 0.6) is 0 Å². The summed E-state index contributed by atoms with van der Waals surface area (Å²) in [5.41, 5.74) is 4.80. The first kappa shape index (κ1) is 15.1. The van der Waals surface area contributed by atoms with Gasteiger partial charge in [-0.05, 0) is 41.4 Å². The standard InChI is InChI=1S/C21H24O/c1-21(2)15-9-14-18(21)19(16-10-5-3-6-11-16)20(22)17-12-7-4-8-13-17/h3-8,10-13,20,22H,9,14-15H2,1-2H3/b19-18+. The monoisotopic (exact) mass is 292 g/mol. The van der Waals surface area contributed by atoms with Crippen molar-refractivity contribution in [3.8, 4) is 0 Å². The highest BCUT2D eigenvalue weighted by Gasteiger charge is 2.33. The Morgan fingerprint density at radius 2 is 1.55 bits per heavy atom. The van der Waals surface area contributed by atoms with E-state index in [0.29, 0.717) is 0 Å². The fraction of sp³-hybridized carbons (Fsp3) is 0.333. The highest BCUT2D eigenvalue weighted by molar-refractivity contribution is 5.74. The molecular formula is C21H24O. The minimum atomic E-state index is -0.559. The van der Waals surface area contributed by atoms with E-state index in [-0.39, 0.29) is 5.41 Å². The summed E-state index contributed by atoms with van der Waals surface area (Å²) in [7, 11) is 0. The van der Waals surface area contributed by atoms with Crippen LogP contribution in [-0.2, 0) is 0 Å². The molecule has 0 saturated heterocycles. The van der Waals surface area contributed by atoms with Gasteiger partial charge in [0, 0.05) is 0 Å². The van der Waals surface area contributed by atoms with Gasteiger partial charge in [0.1, 0.15) is 6.10 Å². The van der Waals surface area contributed by atoms with E-state index in [1.165, 1.54) is 18.4 Å². The van der Waals surface area contributed by atoms with Gasteiger partial charge in [0.15, 0.2) is 0 Å². The molecule has 0 aromatic heterocycles. The van der Waals surface area contributed by atoms with Gasteiger partial charge >= 0.3 is 0 Å². The fourth-order valence-electron chi connectivity index (χ4n) is 3.61. The summed E-state index contributed by atoms with van der Waals surface area (Å²) in [6, 6.07) is 20.4. The van der Waals surface area contributed by atoms with Crippen LogP contribution < -0.4 is 0 Å². The van der Waals surface area contributed by atoms with E-state index in [0.717, 1.165) is 23.1 Å². The van der Waals surface area contributed by atoms with Gasteiger partial charge in [-0.2, -0.15) is 0 Å². The highest BCUT2D eigenvalue weighted by Crippen LogP contribution is 2.48. The lowest BCUT2D eigenvalue weighted by molar-refractivity contribution is 0.235. The van der Waals surface area contributed by atoms with Crippen LogP contribution in [0.4, 0.5) is 0 Å². The maximum absolute atomic E-state index is 11.1. The molecule has 1 heteroatoms. The van der Waals surface area contributed by atoms with Crippen LogP contribution in [0.25, 0.3) is 5.57 Å². The molecule has 0 spiro atoms. The van der Waals surface area contributed by atoms with Crippen molar-refractivity contribution in [2.24, 2.45) is 5.41 Å². The third-order valence-corrected chi connectivity index (χ3v) is 4.84. The van der Waals surface area contributed by atoms with Crippen molar-refractivity contribution in [3.63, 3.8) is 0 Å². The predicted molar refractivity (Wildman–Crippen MR) is 92.4 cm³/mol. The SMILES string of the molecule is CC1(C)CCC/C1=C(/c1ccccc1)C(O)c1ccccc1. The van der Waals surface area contributed by atoms with E-state index >= 15 is 0 Å². The molecule has 1 unspecified atom stereocenters. The van der Waals surface area contributed by atoms with Gasteiger partial charge in [-0.25, -0.2) is 0 Å². The summed E-state index contributed by atoms with van der Waals surface area (Å²) >= 11 is 0. The number of benzene rings is 2. The topological polar surface area (TPSA) is 20.2 Å². The normalized spacial score (nSPS) is 20.7. The van der Waals surface area contributed by atoms with Crippen molar-refractivity contribution >= 4 is 5.57 Å². The second kappa shape index (κ2) is 6.10. The van der Waals surface area contributed by atoms with Crippen LogP contribution in [0.2, 0.25) is 0 Å². The lowest BCUT2D eigenvalue weighted by Gasteiger charge is -2.27. The molecule has 0 aliphatic heterocycles. The van der Waals surface area contributed by atoms with Crippen molar-refractivity contribution in [2.75, 3.05) is 0 Å². The van der Waals surface area contributed by atoms with Crippen LogP contribution >= 0.6 is 0 Å². The number of hydrogen-bond donors (Lipinski definition) is 1. The number of rotatable bonds is 3. The van der Waals surface area contributed by atoms with E-state index < -0.39 is 6.10 Å². The average Bonchev–Trinajstić information content (AvgIpc) is 2.89. The lowest BCUT2D eigenvalue weighted by atomic mass is 9.79. The van der Waals surface area contributed by atoms with E-state index in [2.05, 4.69) is 38.1 Å². The van der Waals surface area contributed by atoms with Crippen molar-refractivity contribution in [2.45, 2.75) is 39.2 Å². The quantitative estimate of drug-likeness (QED) is 0.804. The minimum Gasteiger partial charge on any atom is -0.384 e. The summed E-state index contributed by atoms with van der Waals surface area (Å²) < 4.78 is 0. The summed E-state index contributed by atoms with van der Waals surface area (Å²) in [6.45, 7) is 4.60. The Labute approximate surface area is 133 Å². The highest BCUT2D eigenvalue weighted by atomic mass is 16.3. The van der Waals surface area contributed by atoms with Gasteiger partial charge in [-0.1, -0.05) is 80.1 Å². The lowest BCUT2D eigenvalue weighted by Crippen LogP contribution is -2.13. The van der Waals surface area contributed by atoms with Gasteiger partial charge in [-0.15, -0.1) is 0 Å². The summed E-state index contributed by atoms with van der Waals surface area (Å²) in [5, 5.41) is 11.1. The largest absolute Gasteiger partial charge is 0.384 e. The second-order valence-corrected chi connectivity index (χ2v) is 6.81. The second-order valence-electron chi connectivity index (χ2n) is 6.81. The van der Waals surface area contributed by atoms with Gasteiger partial charge in [0.2, 0.25) is 0 Å². The molecule has 1 N–H and O–H groups in total. The Balaban J connectivity index is 2.15. The van der Waals surface area contributed by atoms with Crippen LogP contribution in [0, 0.1) is 5.41 Å². The van der Waals surface area contributed by atoms with Crippen LogP contribution in [0.3, 0.4) is 0 Å². The molecule has 1 fully saturated rings. The van der Waals surface area contributed by atoms with Crippen LogP contribution in [0.1, 0.15) is 50.3 Å². The maximum atomic E-state index is 11.1. The Kier molecular flexibility index (Phi) is 4.17. The number of allylic oxidation sites excluding steroid dienone is 1. The molecule has 0 radical (unpaired) electrons. The molecule has 1 nitrogen and oxygen atoms in total. The maximum Gasteiger partial charge on any atom is 0.105 e. The van der Waals surface area contributed by atoms with Crippen molar-refractivity contribution in [1.82, 2.24) is 0 Å². The number of aliphatic hydroxyl groups excluding tert-OH is 1. The van der Waals surface area contributed by atoms with Gasteiger partial charge in [0.05, 0.1) is 0 Å². The molecule has 1 saturated carbocycles. The molecule has 1 atom stereocenters. The third kappa shape index (κ3) is 2.86. The fourth-order valence-corrected chi connectivity index (χ4v) is 3.61. The first-order valence-corrected chi connectivity index (χ1v) is 8.11. The molecule has 22 heavy (non-hydrogen) atoms. The van der Waals surface area contributed by atoms with Crippen molar-refractivity contribution in [3.05, 3.63) is 77.4 Å². The number of aliphatic hydroxyl groups is 1. The van der Waals surface area contributed by atoms with E-state index in [1.54, 1.807) is 0 Å². The molecule has 0 heterocycles. The van der Waals surface area contributed by atoms with E-state index in [4.69, 9.17) is 0 Å². The van der Waals surface area contributed by atoms with E-state index in [9.17, 15) is 5.11 Å². The summed E-state index contributed by atoms with van der Waals surface area (Å²) in [4.78, 5) is 0. The molecule has 114 valence electrons. The van der Waals surface area contributed by atoms with E-state index in [1.807, 2.05) is 36.4 Å². The molecule has 1 aliphatic rings. The zero-order valence-corrected chi connectivity index (χ0v) is 13.4. The predicted octanol–water partition coefficient (Wildman–Crippen LogP) is 5.38. The van der Waals surface area contributed by atoms with Gasteiger partial charge in [0.25, 0.3) is 0 Å². The molecule has 1 aliphatic carbocycles. The molecule has 0 amide bonds. The van der Waals surface area contributed by atoms with Crippen LogP contribution in [-0.4, -0.2) is 5.11 Å². The summed E-state index contributed by atoms with van der Waals surface area (Å²) in [6.07, 6.45) is 2.93. The smallest absolute Gasteiger partial charge is 0.105 e. The first-order chi connectivity index (χ1) is 10.6. The Morgan fingerprint density at radius 3 is 2.09 bits per heavy atom. The molecular weight excluding hydrogens is 268 g/mol. The van der Waals surface area contributed by atoms with Gasteiger partial charge in [-0.3, -0.25) is 0 Å². The van der Waals surface area contributed by atoms with Crippen molar-refractivity contribution in [1.29, 1.82) is 0 Å². The molecule has 2 aromatic rings. The summed E-state index contributed by atoms with van der Waals surface area (Å²) in [5.74, 6) is 0. The Bertz CT molecular complexity index is 653. The molecule has 3 rings (SSSR count). The van der Waals surface area contributed by atoms with Crippen LogP contribution in [0.15, 0.2) is 66.2 Å². The van der Waals surface area contributed by atoms with Gasteiger partial charge < -0.3 is 5.11 Å². The Hall–Kier alpha value is -1.86. The minimum absolute atomic E-state index is 0.168. The third-order valence-electron chi connectivity index (χ3n) is 4.84. The number of hydrogen-bond acceptors (Lipinski definition) is 1. The zero-order valence-electron chi connectivity index (χ0n) is 13.4.